The molecule has 24 heavy (non-hydrogen) atoms. The number of nitrogens with one attached hydrogen (secondary N) is 1. The minimum Gasteiger partial charge on any atom is -0.324 e. The van der Waals surface area contributed by atoms with Crippen molar-refractivity contribution >= 4 is 39.1 Å². The fourth-order valence-corrected chi connectivity index (χ4v) is 5.75. The lowest BCUT2D eigenvalue weighted by Crippen LogP contribution is -2.35. The van der Waals surface area contributed by atoms with Crippen LogP contribution >= 0.6 is 11.8 Å². The zero-order chi connectivity index (χ0) is 16.9. The summed E-state index contributed by atoms with van der Waals surface area (Å²) in [5, 5.41) is 2.75. The molecule has 0 bridgehead atoms. The zero-order valence-electron chi connectivity index (χ0n) is 13.0. The lowest BCUT2D eigenvalue weighted by Gasteiger charge is -2.25. The van der Waals surface area contributed by atoms with E-state index in [9.17, 15) is 13.2 Å². The molecule has 0 aliphatic carbocycles. The molecule has 7 heteroatoms. The summed E-state index contributed by atoms with van der Waals surface area (Å²) in [6.07, 6.45) is 0.701. The molecule has 0 saturated heterocycles. The highest BCUT2D eigenvalue weighted by Gasteiger charge is 2.36. The fraction of sp³-hybridized carbons (Fsp3) is 0.235. The summed E-state index contributed by atoms with van der Waals surface area (Å²) in [4.78, 5) is 12.7. The van der Waals surface area contributed by atoms with E-state index in [1.165, 1.54) is 16.1 Å². The maximum atomic E-state index is 13.2. The number of fused-ring (bicyclic) bond motifs is 2. The highest BCUT2D eigenvalue weighted by molar-refractivity contribution is 8.00. The van der Waals surface area contributed by atoms with Crippen molar-refractivity contribution in [2.75, 3.05) is 15.4 Å². The highest BCUT2D eigenvalue weighted by Crippen LogP contribution is 2.39. The summed E-state index contributed by atoms with van der Waals surface area (Å²) >= 11 is 1.42. The van der Waals surface area contributed by atoms with E-state index in [2.05, 4.69) is 5.32 Å². The SMILES string of the molecule is CC1Cc2ccccc2N1S(=O)(=O)c1ccc2c(c1)NC(=O)CS2. The Balaban J connectivity index is 1.79. The van der Waals surface area contributed by atoms with Gasteiger partial charge in [0.15, 0.2) is 0 Å². The monoisotopic (exact) mass is 360 g/mol. The van der Waals surface area contributed by atoms with Crippen molar-refractivity contribution in [3.8, 4) is 0 Å². The lowest BCUT2D eigenvalue weighted by molar-refractivity contribution is -0.113. The molecule has 4 rings (SSSR count). The van der Waals surface area contributed by atoms with E-state index in [4.69, 9.17) is 0 Å². The molecule has 0 radical (unpaired) electrons. The summed E-state index contributed by atoms with van der Waals surface area (Å²) in [6, 6.07) is 12.4. The molecule has 0 aromatic heterocycles. The van der Waals surface area contributed by atoms with Crippen molar-refractivity contribution in [3.05, 3.63) is 48.0 Å². The third kappa shape index (κ3) is 2.39. The smallest absolute Gasteiger partial charge is 0.264 e. The first-order chi connectivity index (χ1) is 11.5. The van der Waals surface area contributed by atoms with E-state index in [0.29, 0.717) is 17.9 Å². The van der Waals surface area contributed by atoms with Crippen LogP contribution in [0.2, 0.25) is 0 Å². The lowest BCUT2D eigenvalue weighted by atomic mass is 10.1. The summed E-state index contributed by atoms with van der Waals surface area (Å²) in [7, 11) is -3.68. The number of amides is 1. The van der Waals surface area contributed by atoms with Crippen LogP contribution in [0.15, 0.2) is 52.3 Å². The molecule has 2 aliphatic rings. The Morgan fingerprint density at radius 2 is 2.00 bits per heavy atom. The largest absolute Gasteiger partial charge is 0.324 e. The minimum atomic E-state index is -3.68. The minimum absolute atomic E-state index is 0.109. The fourth-order valence-electron chi connectivity index (χ4n) is 3.24. The molecule has 2 heterocycles. The molecule has 0 fully saturated rings. The molecule has 1 atom stereocenters. The number of carbonyl (C=O) groups is 1. The predicted octanol–water partition coefficient (Wildman–Crippen LogP) is 2.87. The molecule has 0 saturated carbocycles. The van der Waals surface area contributed by atoms with Gasteiger partial charge >= 0.3 is 0 Å². The third-order valence-electron chi connectivity index (χ3n) is 4.29. The van der Waals surface area contributed by atoms with Gasteiger partial charge in [0, 0.05) is 10.9 Å². The van der Waals surface area contributed by atoms with Crippen LogP contribution in [0.1, 0.15) is 12.5 Å². The average Bonchev–Trinajstić information content (AvgIpc) is 2.90. The summed E-state index contributed by atoms with van der Waals surface area (Å²) in [5.41, 5.74) is 2.34. The first kappa shape index (κ1) is 15.5. The predicted molar refractivity (Wildman–Crippen MR) is 95.1 cm³/mol. The van der Waals surface area contributed by atoms with Crippen LogP contribution in [0.3, 0.4) is 0 Å². The van der Waals surface area contributed by atoms with E-state index in [1.54, 1.807) is 18.2 Å². The molecule has 2 aliphatic heterocycles. The third-order valence-corrected chi connectivity index (χ3v) is 7.28. The maximum absolute atomic E-state index is 13.2. The van der Waals surface area contributed by atoms with Crippen LogP contribution in [-0.2, 0) is 21.2 Å². The van der Waals surface area contributed by atoms with Gasteiger partial charge in [-0.1, -0.05) is 18.2 Å². The van der Waals surface area contributed by atoms with Crippen LogP contribution < -0.4 is 9.62 Å². The molecule has 1 N–H and O–H groups in total. The molecule has 1 unspecified atom stereocenters. The number of benzene rings is 2. The Labute approximate surface area is 145 Å². The second kappa shape index (κ2) is 5.53. The summed E-state index contributed by atoms with van der Waals surface area (Å²) in [5.74, 6) is 0.247. The number of hydrogen-bond donors (Lipinski definition) is 1. The van der Waals surface area contributed by atoms with E-state index in [1.807, 2.05) is 31.2 Å². The normalized spacial score (nSPS) is 19.6. The first-order valence-electron chi connectivity index (χ1n) is 7.66. The van der Waals surface area contributed by atoms with Gasteiger partial charge < -0.3 is 5.32 Å². The van der Waals surface area contributed by atoms with Crippen LogP contribution in [0.4, 0.5) is 11.4 Å². The summed E-state index contributed by atoms with van der Waals surface area (Å²) in [6.45, 7) is 1.91. The topological polar surface area (TPSA) is 66.5 Å². The van der Waals surface area contributed by atoms with Gasteiger partial charge in [-0.3, -0.25) is 9.10 Å². The Bertz CT molecular complexity index is 941. The molecule has 5 nitrogen and oxygen atoms in total. The number of hydrogen-bond acceptors (Lipinski definition) is 4. The Morgan fingerprint density at radius 3 is 2.83 bits per heavy atom. The van der Waals surface area contributed by atoms with Crippen molar-refractivity contribution in [1.29, 1.82) is 0 Å². The van der Waals surface area contributed by atoms with Gasteiger partial charge in [0.2, 0.25) is 5.91 Å². The Hall–Kier alpha value is -1.99. The van der Waals surface area contributed by atoms with Crippen molar-refractivity contribution in [1.82, 2.24) is 0 Å². The quantitative estimate of drug-likeness (QED) is 0.894. The Kier molecular flexibility index (Phi) is 3.58. The average molecular weight is 360 g/mol. The van der Waals surface area contributed by atoms with Gasteiger partial charge in [-0.25, -0.2) is 8.42 Å². The van der Waals surface area contributed by atoms with E-state index in [0.717, 1.165) is 16.1 Å². The second-order valence-electron chi connectivity index (χ2n) is 5.98. The molecule has 124 valence electrons. The summed E-state index contributed by atoms with van der Waals surface area (Å²) < 4.78 is 27.9. The van der Waals surface area contributed by atoms with Gasteiger partial charge in [0.05, 0.1) is 22.0 Å². The molecule has 1 amide bonds. The zero-order valence-corrected chi connectivity index (χ0v) is 14.7. The molecular formula is C17H16N2O3S2. The number of para-hydroxylation sites is 1. The molecule has 2 aromatic carbocycles. The number of nitrogens with zero attached hydrogens (tertiary/aromatic N) is 1. The molecule has 0 spiro atoms. The van der Waals surface area contributed by atoms with Crippen LogP contribution in [0.25, 0.3) is 0 Å². The van der Waals surface area contributed by atoms with Gasteiger partial charge in [-0.2, -0.15) is 0 Å². The molecule has 2 aromatic rings. The first-order valence-corrected chi connectivity index (χ1v) is 10.1. The van der Waals surface area contributed by atoms with Crippen LogP contribution in [0, 0.1) is 0 Å². The van der Waals surface area contributed by atoms with Crippen molar-refractivity contribution in [2.45, 2.75) is 29.2 Å². The van der Waals surface area contributed by atoms with Gasteiger partial charge in [0.1, 0.15) is 0 Å². The number of sulfonamides is 1. The Morgan fingerprint density at radius 1 is 1.21 bits per heavy atom. The van der Waals surface area contributed by atoms with Gasteiger partial charge in [-0.05, 0) is 43.2 Å². The van der Waals surface area contributed by atoms with Gasteiger partial charge in [-0.15, -0.1) is 11.8 Å². The van der Waals surface area contributed by atoms with Crippen molar-refractivity contribution < 1.29 is 13.2 Å². The van der Waals surface area contributed by atoms with E-state index in [-0.39, 0.29) is 16.8 Å². The second-order valence-corrected chi connectivity index (χ2v) is 8.81. The molecular weight excluding hydrogens is 344 g/mol. The number of thioether (sulfide) groups is 1. The number of anilines is 2. The van der Waals surface area contributed by atoms with E-state index >= 15 is 0 Å². The van der Waals surface area contributed by atoms with Crippen LogP contribution in [0.5, 0.6) is 0 Å². The van der Waals surface area contributed by atoms with Crippen molar-refractivity contribution in [3.63, 3.8) is 0 Å². The number of rotatable bonds is 2. The highest BCUT2D eigenvalue weighted by atomic mass is 32.2. The van der Waals surface area contributed by atoms with Crippen LogP contribution in [-0.4, -0.2) is 26.1 Å². The standard InChI is InChI=1S/C17H16N2O3S2/c1-11-8-12-4-2-3-5-15(12)19(11)24(21,22)13-6-7-16-14(9-13)18-17(20)10-23-16/h2-7,9,11H,8,10H2,1H3,(H,18,20). The maximum Gasteiger partial charge on any atom is 0.264 e. The van der Waals surface area contributed by atoms with Gasteiger partial charge in [0.25, 0.3) is 10.0 Å². The van der Waals surface area contributed by atoms with Crippen molar-refractivity contribution in [2.24, 2.45) is 0 Å². The number of carbonyl (C=O) groups excluding carboxylic acids is 1. The van der Waals surface area contributed by atoms with E-state index < -0.39 is 10.0 Å².